The summed E-state index contributed by atoms with van der Waals surface area (Å²) in [5.74, 6) is -0.690. The molecule has 0 amide bonds. The lowest BCUT2D eigenvalue weighted by atomic mass is 10.1. The molecule has 26 heavy (non-hydrogen) atoms. The molecule has 138 valence electrons. The Morgan fingerprint density at radius 1 is 1.19 bits per heavy atom. The number of ether oxygens (including phenoxy) is 1. The lowest BCUT2D eigenvalue weighted by Gasteiger charge is -2.15. The van der Waals surface area contributed by atoms with Crippen molar-refractivity contribution in [2.45, 2.75) is 20.0 Å². The van der Waals surface area contributed by atoms with Crippen LogP contribution in [0.1, 0.15) is 29.7 Å². The molecule has 1 N–H and O–H groups in total. The molecule has 0 aromatic heterocycles. The highest BCUT2D eigenvalue weighted by atomic mass is 35.5. The van der Waals surface area contributed by atoms with Crippen LogP contribution in [0.2, 0.25) is 5.02 Å². The molecular weight excluding hydrogens is 374 g/mol. The molecule has 0 bridgehead atoms. The Bertz CT molecular complexity index is 892. The fourth-order valence-electron chi connectivity index (χ4n) is 2.16. The average Bonchev–Trinajstić information content (AvgIpc) is 2.60. The number of sulfonamides is 1. The number of carbonyl (C=O) groups is 1. The van der Waals surface area contributed by atoms with Gasteiger partial charge in [0.2, 0.25) is 10.0 Å². The monoisotopic (exact) mass is 393 g/mol. The number of halogens is 1. The molecule has 0 spiro atoms. The summed E-state index contributed by atoms with van der Waals surface area (Å²) in [6.07, 6.45) is 0.878. The van der Waals surface area contributed by atoms with Gasteiger partial charge in [-0.3, -0.25) is 4.79 Å². The zero-order valence-corrected chi connectivity index (χ0v) is 16.0. The highest BCUT2D eigenvalue weighted by molar-refractivity contribution is 7.92. The third-order valence-electron chi connectivity index (χ3n) is 3.59. The van der Waals surface area contributed by atoms with Gasteiger partial charge in [0.25, 0.3) is 0 Å². The minimum absolute atomic E-state index is 0.463. The van der Waals surface area contributed by atoms with E-state index in [1.165, 1.54) is 6.08 Å². The summed E-state index contributed by atoms with van der Waals surface area (Å²) >= 11 is 6.05. The van der Waals surface area contributed by atoms with E-state index in [-0.39, 0.29) is 0 Å². The van der Waals surface area contributed by atoms with Crippen molar-refractivity contribution in [1.29, 1.82) is 0 Å². The van der Waals surface area contributed by atoms with Crippen molar-refractivity contribution in [2.24, 2.45) is 0 Å². The van der Waals surface area contributed by atoms with Gasteiger partial charge in [0, 0.05) is 16.0 Å². The molecular formula is C19H20ClNO4S. The van der Waals surface area contributed by atoms with E-state index in [9.17, 15) is 13.2 Å². The van der Waals surface area contributed by atoms with Crippen LogP contribution >= 0.6 is 11.6 Å². The molecule has 0 aliphatic heterocycles. The second-order valence-corrected chi connectivity index (χ2v) is 7.79. The van der Waals surface area contributed by atoms with E-state index >= 15 is 0 Å². The summed E-state index contributed by atoms with van der Waals surface area (Å²) in [5.41, 5.74) is 2.49. The van der Waals surface area contributed by atoms with Gasteiger partial charge in [0.15, 0.2) is 0 Å². The number of carbonyl (C=O) groups excluding carboxylic acids is 1. The van der Waals surface area contributed by atoms with E-state index < -0.39 is 28.6 Å². The Hall–Kier alpha value is -2.15. The molecule has 1 atom stereocenters. The van der Waals surface area contributed by atoms with Gasteiger partial charge in [-0.1, -0.05) is 59.6 Å². The Morgan fingerprint density at radius 2 is 1.85 bits per heavy atom. The van der Waals surface area contributed by atoms with Gasteiger partial charge >= 0.3 is 5.97 Å². The second-order valence-electron chi connectivity index (χ2n) is 5.73. The Kier molecular flexibility index (Phi) is 6.97. The first-order chi connectivity index (χ1) is 12.3. The highest BCUT2D eigenvalue weighted by Crippen LogP contribution is 2.24. The Balaban J connectivity index is 1.89. The second kappa shape index (κ2) is 8.98. The van der Waals surface area contributed by atoms with Crippen molar-refractivity contribution < 1.29 is 17.9 Å². The average molecular weight is 394 g/mol. The van der Waals surface area contributed by atoms with Crippen molar-refractivity contribution in [3.8, 4) is 0 Å². The maximum atomic E-state index is 12.0. The van der Waals surface area contributed by atoms with E-state index in [1.54, 1.807) is 43.3 Å². The van der Waals surface area contributed by atoms with Crippen LogP contribution in [0, 0.1) is 6.92 Å². The highest BCUT2D eigenvalue weighted by Gasteiger charge is 2.16. The van der Waals surface area contributed by atoms with Gasteiger partial charge in [0.05, 0.1) is 0 Å². The molecule has 0 unspecified atom stereocenters. The standard InChI is InChI=1S/C19H20ClNO4S/c1-14-7-9-16(10-8-14)11-12-26(23,24)21-13-19(22)25-15(2)17-5-3-4-6-18(17)20/h3-12,15,21H,13H2,1-2H3/b12-11+/t15-/m0/s1. The van der Waals surface area contributed by atoms with Crippen LogP contribution in [0.15, 0.2) is 53.9 Å². The van der Waals surface area contributed by atoms with Crippen LogP contribution in [0.4, 0.5) is 0 Å². The SMILES string of the molecule is Cc1ccc(/C=C/S(=O)(=O)NCC(=O)O[C@@H](C)c2ccccc2Cl)cc1. The molecule has 5 nitrogen and oxygen atoms in total. The summed E-state index contributed by atoms with van der Waals surface area (Å²) in [5, 5.41) is 1.50. The van der Waals surface area contributed by atoms with Crippen molar-refractivity contribution in [3.63, 3.8) is 0 Å². The van der Waals surface area contributed by atoms with Gasteiger partial charge in [0.1, 0.15) is 12.6 Å². The Labute approximate surface area is 158 Å². The van der Waals surface area contributed by atoms with Crippen molar-refractivity contribution in [1.82, 2.24) is 4.72 Å². The molecule has 2 rings (SSSR count). The molecule has 0 saturated heterocycles. The zero-order valence-electron chi connectivity index (χ0n) is 14.5. The first kappa shape index (κ1) is 20.2. The number of nitrogens with one attached hydrogen (secondary N) is 1. The molecule has 0 aliphatic carbocycles. The molecule has 2 aromatic rings. The number of rotatable bonds is 7. The molecule has 0 radical (unpaired) electrons. The summed E-state index contributed by atoms with van der Waals surface area (Å²) in [4.78, 5) is 11.9. The smallest absolute Gasteiger partial charge is 0.321 e. The molecule has 7 heteroatoms. The van der Waals surface area contributed by atoms with Crippen molar-refractivity contribution in [3.05, 3.63) is 75.7 Å². The van der Waals surface area contributed by atoms with E-state index in [1.807, 2.05) is 19.1 Å². The van der Waals surface area contributed by atoms with Crippen LogP contribution in [0.25, 0.3) is 6.08 Å². The fourth-order valence-corrected chi connectivity index (χ4v) is 3.20. The summed E-state index contributed by atoms with van der Waals surface area (Å²) in [6.45, 7) is 3.15. The number of benzene rings is 2. The van der Waals surface area contributed by atoms with Crippen molar-refractivity contribution >= 4 is 33.7 Å². The molecule has 2 aromatic carbocycles. The lowest BCUT2D eigenvalue weighted by molar-refractivity contribution is -0.147. The summed E-state index contributed by atoms with van der Waals surface area (Å²) in [7, 11) is -3.75. The van der Waals surface area contributed by atoms with Gasteiger partial charge in [-0.25, -0.2) is 13.1 Å². The van der Waals surface area contributed by atoms with E-state index in [0.717, 1.165) is 16.5 Å². The van der Waals surface area contributed by atoms with Crippen LogP contribution in [0.5, 0.6) is 0 Å². The molecule has 0 aliphatic rings. The van der Waals surface area contributed by atoms with Gasteiger partial charge in [-0.2, -0.15) is 0 Å². The topological polar surface area (TPSA) is 72.5 Å². The Morgan fingerprint density at radius 3 is 2.50 bits per heavy atom. The number of hydrogen-bond donors (Lipinski definition) is 1. The predicted octanol–water partition coefficient (Wildman–Crippen LogP) is 3.84. The molecule has 0 saturated carbocycles. The summed E-state index contributed by atoms with van der Waals surface area (Å²) in [6, 6.07) is 14.4. The zero-order chi connectivity index (χ0) is 19.2. The third-order valence-corrected chi connectivity index (χ3v) is 4.97. The van der Waals surface area contributed by atoms with Crippen LogP contribution < -0.4 is 4.72 Å². The summed E-state index contributed by atoms with van der Waals surface area (Å²) < 4.78 is 31.3. The lowest BCUT2D eigenvalue weighted by Crippen LogP contribution is -2.29. The maximum Gasteiger partial charge on any atom is 0.321 e. The largest absolute Gasteiger partial charge is 0.457 e. The number of hydrogen-bond acceptors (Lipinski definition) is 4. The first-order valence-electron chi connectivity index (χ1n) is 7.95. The van der Waals surface area contributed by atoms with E-state index in [4.69, 9.17) is 16.3 Å². The van der Waals surface area contributed by atoms with Crippen LogP contribution in [0.3, 0.4) is 0 Å². The fraction of sp³-hybridized carbons (Fsp3) is 0.211. The number of aryl methyl sites for hydroxylation is 1. The number of esters is 1. The van der Waals surface area contributed by atoms with Crippen LogP contribution in [-0.4, -0.2) is 20.9 Å². The van der Waals surface area contributed by atoms with Gasteiger partial charge in [-0.05, 0) is 31.6 Å². The van der Waals surface area contributed by atoms with Gasteiger partial charge < -0.3 is 4.74 Å². The van der Waals surface area contributed by atoms with Crippen molar-refractivity contribution in [2.75, 3.05) is 6.54 Å². The maximum absolute atomic E-state index is 12.0. The van der Waals surface area contributed by atoms with Crippen LogP contribution in [-0.2, 0) is 19.6 Å². The van der Waals surface area contributed by atoms with E-state index in [2.05, 4.69) is 4.72 Å². The molecule has 0 fully saturated rings. The minimum atomic E-state index is -3.75. The third kappa shape index (κ3) is 6.29. The molecule has 0 heterocycles. The van der Waals surface area contributed by atoms with E-state index in [0.29, 0.717) is 10.6 Å². The van der Waals surface area contributed by atoms with Gasteiger partial charge in [-0.15, -0.1) is 0 Å². The predicted molar refractivity (Wildman–Crippen MR) is 103 cm³/mol. The first-order valence-corrected chi connectivity index (χ1v) is 9.87. The normalized spacial score (nSPS) is 12.9. The minimum Gasteiger partial charge on any atom is -0.457 e. The quantitative estimate of drug-likeness (QED) is 0.725.